The van der Waals surface area contributed by atoms with Crippen LogP contribution >= 0.6 is 0 Å². The van der Waals surface area contributed by atoms with Gasteiger partial charge in [-0.2, -0.15) is 0 Å². The molecule has 11 nitrogen and oxygen atoms in total. The molecule has 1 aliphatic heterocycles. The highest BCUT2D eigenvalue weighted by Crippen LogP contribution is 2.64. The zero-order valence-corrected chi connectivity index (χ0v) is 35.5. The summed E-state index contributed by atoms with van der Waals surface area (Å²) < 4.78 is 21.8. The molecule has 3 fully saturated rings. The summed E-state index contributed by atoms with van der Waals surface area (Å²) >= 11 is 0. The number of carbonyl (C=O) groups excluding carboxylic acids is 5. The lowest BCUT2D eigenvalue weighted by molar-refractivity contribution is -0.155. The van der Waals surface area contributed by atoms with Crippen molar-refractivity contribution in [1.82, 2.24) is 0 Å². The van der Waals surface area contributed by atoms with Crippen LogP contribution in [0.15, 0.2) is 45.6 Å². The number of ketones is 2. The number of esters is 2. The van der Waals surface area contributed by atoms with Gasteiger partial charge in [-0.25, -0.2) is 0 Å². The molecule has 7 rings (SSSR count). The minimum absolute atomic E-state index is 0.00907. The van der Waals surface area contributed by atoms with Gasteiger partial charge in [-0.3, -0.25) is 24.0 Å². The van der Waals surface area contributed by atoms with Gasteiger partial charge in [0.2, 0.25) is 0 Å². The molecule has 0 radical (unpaired) electrons. The van der Waals surface area contributed by atoms with Gasteiger partial charge >= 0.3 is 11.9 Å². The number of aliphatic hydroxyl groups is 2. The minimum atomic E-state index is -0.571. The van der Waals surface area contributed by atoms with Crippen molar-refractivity contribution in [2.75, 3.05) is 40.6 Å². The van der Waals surface area contributed by atoms with Crippen LogP contribution in [0.5, 0.6) is 0 Å². The zero-order chi connectivity index (χ0) is 41.9. The Bertz CT molecular complexity index is 1710. The standard InChI is InChI=1S/C23H32O5.C21H28O4.C2H6O2/c1-14(2)16-7-8-23(21(25)26-4)10-9-22(3)17(19(16)23)6-5-15(13-18(22)24)20-27-11-12-28-20;1-13(2)15-7-8-21(19(24)25-4)10-9-20(3)16(18(15)21)6-5-14(12-22)11-17(20)23;3-1-2-4/h5,14,17,20H,6-13H2,1-4H3;5,12-13,16H,6-11H2,1-4H3;3-4H,1-2H2/t17-,22-,23+;16-,20-,21+;/m11./s1. The molecule has 0 bridgehead atoms. The lowest BCUT2D eigenvalue weighted by Gasteiger charge is -2.48. The summed E-state index contributed by atoms with van der Waals surface area (Å²) in [6, 6.07) is 0. The molecular formula is C46H66O11. The van der Waals surface area contributed by atoms with E-state index in [0.717, 1.165) is 56.0 Å². The summed E-state index contributed by atoms with van der Waals surface area (Å²) in [7, 11) is 2.94. The zero-order valence-electron chi connectivity index (χ0n) is 35.5. The highest BCUT2D eigenvalue weighted by Gasteiger charge is 2.61. The van der Waals surface area contributed by atoms with Crippen molar-refractivity contribution in [3.8, 4) is 0 Å². The van der Waals surface area contributed by atoms with Crippen molar-refractivity contribution >= 4 is 29.8 Å². The Balaban J connectivity index is 0.000000200. The molecule has 0 unspecified atom stereocenters. The SMILES string of the molecule is COC(=O)[C@]12CCC(C(C)C)=C1[C@H]1CC=C(C3OCCO3)CC(=O)[C@]1(C)CC2.COC(=O)[C@]12CCC(C(C)C)=C1[C@H]1CC=C(C=O)CC(=O)[C@]1(C)CC2.OCCO. The fraction of sp³-hybridized carbons (Fsp3) is 0.717. The van der Waals surface area contributed by atoms with E-state index in [4.69, 9.17) is 29.2 Å². The van der Waals surface area contributed by atoms with Crippen LogP contribution in [0.1, 0.15) is 119 Å². The predicted octanol–water partition coefficient (Wildman–Crippen LogP) is 6.74. The summed E-state index contributed by atoms with van der Waals surface area (Å²) in [5, 5.41) is 15.2. The van der Waals surface area contributed by atoms with E-state index < -0.39 is 21.7 Å². The number of hydrogen-bond donors (Lipinski definition) is 2. The van der Waals surface area contributed by atoms with E-state index in [1.54, 1.807) is 0 Å². The van der Waals surface area contributed by atoms with Gasteiger partial charge in [0.25, 0.3) is 0 Å². The van der Waals surface area contributed by atoms with Crippen LogP contribution in [0.25, 0.3) is 0 Å². The number of Topliss-reactive ketones (excluding diaryl/α,β-unsaturated/α-hetero) is 2. The molecule has 2 saturated carbocycles. The number of aliphatic hydroxyl groups excluding tert-OH is 2. The van der Waals surface area contributed by atoms with Crippen LogP contribution in [0.2, 0.25) is 0 Å². The summed E-state index contributed by atoms with van der Waals surface area (Å²) in [6.07, 6.45) is 12.7. The Hall–Kier alpha value is -3.25. The highest BCUT2D eigenvalue weighted by molar-refractivity contribution is 5.95. The van der Waals surface area contributed by atoms with Crippen molar-refractivity contribution in [2.45, 2.75) is 125 Å². The fourth-order valence-corrected chi connectivity index (χ4v) is 11.4. The van der Waals surface area contributed by atoms with Gasteiger partial charge in [0, 0.05) is 23.7 Å². The Kier molecular flexibility index (Phi) is 14.1. The number of fused-ring (bicyclic) bond motifs is 6. The number of allylic oxidation sites excluding steroid dienone is 5. The van der Waals surface area contributed by atoms with Crippen LogP contribution in [0.4, 0.5) is 0 Å². The molecule has 7 aliphatic rings. The number of hydrogen-bond acceptors (Lipinski definition) is 11. The third kappa shape index (κ3) is 7.95. The predicted molar refractivity (Wildman–Crippen MR) is 213 cm³/mol. The minimum Gasteiger partial charge on any atom is -0.468 e. The Morgan fingerprint density at radius 1 is 0.737 bits per heavy atom. The Labute approximate surface area is 338 Å². The maximum absolute atomic E-state index is 13.5. The van der Waals surface area contributed by atoms with E-state index in [1.165, 1.54) is 30.9 Å². The average molecular weight is 795 g/mol. The number of aldehydes is 1. The first-order valence-electron chi connectivity index (χ1n) is 21.0. The first-order valence-corrected chi connectivity index (χ1v) is 21.0. The second-order valence-corrected chi connectivity index (χ2v) is 18.1. The molecule has 6 atom stereocenters. The van der Waals surface area contributed by atoms with E-state index in [9.17, 15) is 24.0 Å². The summed E-state index contributed by atoms with van der Waals surface area (Å²) in [4.78, 5) is 63.5. The highest BCUT2D eigenvalue weighted by atomic mass is 16.7. The molecule has 0 spiro atoms. The van der Waals surface area contributed by atoms with E-state index in [0.29, 0.717) is 62.7 Å². The quantitative estimate of drug-likeness (QED) is 0.160. The molecule has 1 heterocycles. The molecule has 1 saturated heterocycles. The molecule has 57 heavy (non-hydrogen) atoms. The second kappa shape index (κ2) is 17.9. The monoisotopic (exact) mass is 794 g/mol. The van der Waals surface area contributed by atoms with Crippen molar-refractivity contribution in [1.29, 1.82) is 0 Å². The number of carbonyl (C=O) groups is 5. The molecule has 0 aromatic heterocycles. The van der Waals surface area contributed by atoms with Crippen LogP contribution in [-0.2, 0) is 42.9 Å². The van der Waals surface area contributed by atoms with Crippen molar-refractivity contribution in [2.24, 2.45) is 45.3 Å². The van der Waals surface area contributed by atoms with Crippen LogP contribution in [0, 0.1) is 45.3 Å². The Morgan fingerprint density at radius 2 is 1.18 bits per heavy atom. The summed E-state index contributed by atoms with van der Waals surface area (Å²) in [5.41, 5.74) is 4.50. The van der Waals surface area contributed by atoms with Gasteiger partial charge in [-0.05, 0) is 110 Å². The summed E-state index contributed by atoms with van der Waals surface area (Å²) in [6.45, 7) is 13.8. The first kappa shape index (κ1) is 44.8. The first-order chi connectivity index (χ1) is 27.0. The second-order valence-electron chi connectivity index (χ2n) is 18.1. The summed E-state index contributed by atoms with van der Waals surface area (Å²) in [5.74, 6) is 0.858. The molecule has 0 aromatic rings. The van der Waals surface area contributed by atoms with Crippen molar-refractivity contribution < 1.29 is 53.1 Å². The van der Waals surface area contributed by atoms with Gasteiger partial charge in [0.15, 0.2) is 6.29 Å². The van der Waals surface area contributed by atoms with Gasteiger partial charge in [0.1, 0.15) is 17.9 Å². The van der Waals surface area contributed by atoms with E-state index in [1.807, 2.05) is 13.0 Å². The maximum atomic E-state index is 13.5. The van der Waals surface area contributed by atoms with Gasteiger partial charge < -0.3 is 29.2 Å². The van der Waals surface area contributed by atoms with Crippen molar-refractivity contribution in [3.63, 3.8) is 0 Å². The van der Waals surface area contributed by atoms with E-state index in [2.05, 4.69) is 40.7 Å². The van der Waals surface area contributed by atoms with E-state index in [-0.39, 0.29) is 61.3 Å². The fourth-order valence-electron chi connectivity index (χ4n) is 11.4. The smallest absolute Gasteiger partial charge is 0.315 e. The van der Waals surface area contributed by atoms with Crippen LogP contribution < -0.4 is 0 Å². The number of ether oxygens (including phenoxy) is 4. The van der Waals surface area contributed by atoms with E-state index >= 15 is 0 Å². The molecule has 11 heteroatoms. The normalized spacial score (nSPS) is 33.7. The van der Waals surface area contributed by atoms with Crippen molar-refractivity contribution in [3.05, 3.63) is 45.6 Å². The maximum Gasteiger partial charge on any atom is 0.315 e. The topological polar surface area (TPSA) is 163 Å². The van der Waals surface area contributed by atoms with Gasteiger partial charge in [-0.15, -0.1) is 0 Å². The van der Waals surface area contributed by atoms with Gasteiger partial charge in [0.05, 0.1) is 51.5 Å². The largest absolute Gasteiger partial charge is 0.468 e. The lowest BCUT2D eigenvalue weighted by atomic mass is 9.54. The third-order valence-electron chi connectivity index (χ3n) is 14.7. The van der Waals surface area contributed by atoms with Crippen LogP contribution in [0.3, 0.4) is 0 Å². The molecule has 6 aliphatic carbocycles. The molecule has 0 aromatic carbocycles. The third-order valence-corrected chi connectivity index (χ3v) is 14.7. The average Bonchev–Trinajstić information content (AvgIpc) is 3.94. The van der Waals surface area contributed by atoms with Crippen LogP contribution in [-0.4, -0.2) is 86.9 Å². The number of methoxy groups -OCH3 is 2. The van der Waals surface area contributed by atoms with Gasteiger partial charge in [-0.1, -0.05) is 64.8 Å². The molecule has 0 amide bonds. The lowest BCUT2D eigenvalue weighted by Crippen LogP contribution is -2.48. The molecular weight excluding hydrogens is 728 g/mol. The molecule has 2 N–H and O–H groups in total. The number of rotatable bonds is 7. The Morgan fingerprint density at radius 3 is 1.58 bits per heavy atom. The molecule has 316 valence electrons.